The van der Waals surface area contributed by atoms with E-state index in [9.17, 15) is 19.0 Å². The van der Waals surface area contributed by atoms with Crippen LogP contribution in [0.15, 0.2) is 36.5 Å². The number of carbonyl (C=O) groups excluding carboxylic acids is 2. The van der Waals surface area contributed by atoms with Gasteiger partial charge in [0.15, 0.2) is 6.10 Å². The van der Waals surface area contributed by atoms with E-state index in [1.54, 1.807) is 6.92 Å². The van der Waals surface area contributed by atoms with Gasteiger partial charge in [0.2, 0.25) is 0 Å². The third-order valence-electron chi connectivity index (χ3n) is 9.92. The van der Waals surface area contributed by atoms with Crippen LogP contribution < -0.4 is 0 Å². The normalized spacial score (nSPS) is 13.6. The van der Waals surface area contributed by atoms with Crippen LogP contribution in [0.2, 0.25) is 0 Å². The average molecular weight is 811 g/mol. The molecule has 0 aliphatic heterocycles. The monoisotopic (exact) mass is 811 g/mol. The Kier molecular flexibility index (Phi) is 41.5. The molecule has 2 unspecified atom stereocenters. The Morgan fingerprint density at radius 3 is 1.32 bits per heavy atom. The molecular formula is C47H87O8P. The summed E-state index contributed by atoms with van der Waals surface area (Å²) in [4.78, 5) is 34.8. The fourth-order valence-corrected chi connectivity index (χ4v) is 7.23. The maximum absolute atomic E-state index is 12.6. The van der Waals surface area contributed by atoms with Gasteiger partial charge in [0.1, 0.15) is 6.61 Å². The van der Waals surface area contributed by atoms with Crippen molar-refractivity contribution in [3.05, 3.63) is 36.5 Å². The zero-order valence-electron chi connectivity index (χ0n) is 36.5. The Bertz CT molecular complexity index is 1010. The highest BCUT2D eigenvalue weighted by Gasteiger charge is 2.25. The summed E-state index contributed by atoms with van der Waals surface area (Å²) in [5, 5.41) is 0. The second-order valence-electron chi connectivity index (χ2n) is 15.4. The molecule has 0 heterocycles. The summed E-state index contributed by atoms with van der Waals surface area (Å²) in [6.45, 7) is 5.46. The van der Waals surface area contributed by atoms with Gasteiger partial charge in [-0.3, -0.25) is 18.6 Å². The standard InChI is InChI=1S/C47H87O8P/c1-4-7-9-11-13-15-17-19-21-23-24-26-28-30-32-34-36-38-40-42-47(49)55-45(44-54-56(50,51)53-6-3)43-52-46(48)41-39-37-35-33-31-29-27-25-22-20-18-16-14-12-10-8-5-2/h13,15,19-22,45H,4-12,14,16-18,23-44H2,1-3H3,(H,50,51)/b15-13-,21-19-,22-20-. The quantitative estimate of drug-likeness (QED) is 0.0281. The highest BCUT2D eigenvalue weighted by Crippen LogP contribution is 2.43. The Morgan fingerprint density at radius 2 is 0.857 bits per heavy atom. The topological polar surface area (TPSA) is 108 Å². The van der Waals surface area contributed by atoms with Crippen LogP contribution in [0.25, 0.3) is 0 Å². The van der Waals surface area contributed by atoms with Crippen LogP contribution in [0, 0.1) is 0 Å². The van der Waals surface area contributed by atoms with E-state index in [0.29, 0.717) is 6.42 Å². The van der Waals surface area contributed by atoms with Crippen LogP contribution in [0.4, 0.5) is 0 Å². The van der Waals surface area contributed by atoms with Crippen LogP contribution in [0.5, 0.6) is 0 Å². The molecule has 9 heteroatoms. The van der Waals surface area contributed by atoms with Crippen molar-refractivity contribution < 1.29 is 37.6 Å². The maximum Gasteiger partial charge on any atom is 0.472 e. The first-order valence-corrected chi connectivity index (χ1v) is 24.8. The lowest BCUT2D eigenvalue weighted by Gasteiger charge is -2.19. The van der Waals surface area contributed by atoms with Crippen molar-refractivity contribution in [1.29, 1.82) is 0 Å². The molecule has 0 spiro atoms. The molecule has 0 saturated heterocycles. The minimum atomic E-state index is -4.28. The van der Waals surface area contributed by atoms with Crippen LogP contribution in [0.1, 0.15) is 226 Å². The summed E-state index contributed by atoms with van der Waals surface area (Å²) in [7, 11) is -4.28. The predicted molar refractivity (Wildman–Crippen MR) is 235 cm³/mol. The second-order valence-corrected chi connectivity index (χ2v) is 16.9. The first kappa shape index (κ1) is 54.3. The molecule has 0 bridgehead atoms. The number of carbonyl (C=O) groups is 2. The molecule has 0 aliphatic rings. The third kappa shape index (κ3) is 41.9. The number of allylic oxidation sites excluding steroid dienone is 6. The Hall–Kier alpha value is -1.73. The number of esters is 2. The molecule has 328 valence electrons. The van der Waals surface area contributed by atoms with Gasteiger partial charge in [-0.2, -0.15) is 0 Å². The van der Waals surface area contributed by atoms with E-state index >= 15 is 0 Å². The van der Waals surface area contributed by atoms with Crippen molar-refractivity contribution in [2.45, 2.75) is 232 Å². The van der Waals surface area contributed by atoms with Crippen molar-refractivity contribution in [2.75, 3.05) is 19.8 Å². The minimum Gasteiger partial charge on any atom is -0.462 e. The van der Waals surface area contributed by atoms with Crippen LogP contribution >= 0.6 is 7.82 Å². The van der Waals surface area contributed by atoms with Gasteiger partial charge in [-0.05, 0) is 77.6 Å². The van der Waals surface area contributed by atoms with Gasteiger partial charge in [-0.15, -0.1) is 0 Å². The molecule has 0 aromatic carbocycles. The zero-order chi connectivity index (χ0) is 41.1. The summed E-state index contributed by atoms with van der Waals surface area (Å²) in [5.41, 5.74) is 0. The molecule has 8 nitrogen and oxygen atoms in total. The van der Waals surface area contributed by atoms with Gasteiger partial charge in [-0.1, -0.05) is 172 Å². The van der Waals surface area contributed by atoms with Crippen molar-refractivity contribution in [3.8, 4) is 0 Å². The average Bonchev–Trinajstić information content (AvgIpc) is 3.18. The molecule has 0 saturated carbocycles. The van der Waals surface area contributed by atoms with Crippen LogP contribution in [-0.2, 0) is 32.7 Å². The Balaban J connectivity index is 4.04. The lowest BCUT2D eigenvalue weighted by molar-refractivity contribution is -0.161. The number of hydrogen-bond donors (Lipinski definition) is 1. The van der Waals surface area contributed by atoms with E-state index in [1.165, 1.54) is 141 Å². The van der Waals surface area contributed by atoms with Crippen molar-refractivity contribution in [1.82, 2.24) is 0 Å². The summed E-state index contributed by atoms with van der Waals surface area (Å²) < 4.78 is 32.7. The second kappa shape index (κ2) is 42.9. The highest BCUT2D eigenvalue weighted by atomic mass is 31.2. The highest BCUT2D eigenvalue weighted by molar-refractivity contribution is 7.47. The molecule has 0 aromatic heterocycles. The molecule has 0 aromatic rings. The van der Waals surface area contributed by atoms with E-state index in [2.05, 4.69) is 50.3 Å². The maximum atomic E-state index is 12.6. The number of ether oxygens (including phenoxy) is 2. The Morgan fingerprint density at radius 1 is 0.482 bits per heavy atom. The van der Waals surface area contributed by atoms with Gasteiger partial charge < -0.3 is 14.4 Å². The van der Waals surface area contributed by atoms with E-state index in [4.69, 9.17) is 18.5 Å². The summed E-state index contributed by atoms with van der Waals surface area (Å²) in [6.07, 6.45) is 49.1. The molecule has 1 N–H and O–H groups in total. The first-order valence-electron chi connectivity index (χ1n) is 23.3. The molecular weight excluding hydrogens is 723 g/mol. The Labute approximate surface area is 345 Å². The largest absolute Gasteiger partial charge is 0.472 e. The number of phosphoric ester groups is 1. The van der Waals surface area contributed by atoms with Gasteiger partial charge >= 0.3 is 19.8 Å². The predicted octanol–water partition coefficient (Wildman–Crippen LogP) is 14.8. The number of unbranched alkanes of at least 4 members (excludes halogenated alkanes) is 25. The fraction of sp³-hybridized carbons (Fsp3) is 0.830. The number of hydrogen-bond acceptors (Lipinski definition) is 7. The first-order chi connectivity index (χ1) is 27.3. The van der Waals surface area contributed by atoms with E-state index < -0.39 is 26.5 Å². The van der Waals surface area contributed by atoms with Gasteiger partial charge in [-0.25, -0.2) is 4.57 Å². The van der Waals surface area contributed by atoms with Crippen molar-refractivity contribution in [2.24, 2.45) is 0 Å². The molecule has 0 fully saturated rings. The van der Waals surface area contributed by atoms with Gasteiger partial charge in [0.05, 0.1) is 13.2 Å². The minimum absolute atomic E-state index is 0.000904. The smallest absolute Gasteiger partial charge is 0.462 e. The van der Waals surface area contributed by atoms with E-state index in [1.807, 2.05) is 0 Å². The number of phosphoric acid groups is 1. The molecule has 0 aliphatic carbocycles. The molecule has 0 rings (SSSR count). The molecule has 0 amide bonds. The number of rotatable bonds is 43. The van der Waals surface area contributed by atoms with Crippen molar-refractivity contribution in [3.63, 3.8) is 0 Å². The van der Waals surface area contributed by atoms with Gasteiger partial charge in [0, 0.05) is 12.8 Å². The summed E-state index contributed by atoms with van der Waals surface area (Å²) >= 11 is 0. The lowest BCUT2D eigenvalue weighted by Crippen LogP contribution is -2.29. The molecule has 2 atom stereocenters. The van der Waals surface area contributed by atoms with Crippen LogP contribution in [0.3, 0.4) is 0 Å². The van der Waals surface area contributed by atoms with E-state index in [-0.39, 0.29) is 32.0 Å². The lowest BCUT2D eigenvalue weighted by atomic mass is 10.1. The van der Waals surface area contributed by atoms with Crippen molar-refractivity contribution >= 4 is 19.8 Å². The van der Waals surface area contributed by atoms with Crippen LogP contribution in [-0.4, -0.2) is 42.8 Å². The SMILES string of the molecule is CCCCC/C=C\C/C=C\CCCCCCCCCCCC(=O)OC(COC(=O)CCCCCCCCC/C=C\CCCCCCCC)COP(=O)(O)OCC. The van der Waals surface area contributed by atoms with E-state index in [0.717, 1.165) is 44.9 Å². The molecule has 0 radical (unpaired) electrons. The summed E-state index contributed by atoms with van der Waals surface area (Å²) in [6, 6.07) is 0. The van der Waals surface area contributed by atoms with Gasteiger partial charge in [0.25, 0.3) is 0 Å². The fourth-order valence-electron chi connectivity index (χ4n) is 6.48. The molecule has 56 heavy (non-hydrogen) atoms. The zero-order valence-corrected chi connectivity index (χ0v) is 37.4. The third-order valence-corrected chi connectivity index (χ3v) is 11.0. The summed E-state index contributed by atoms with van der Waals surface area (Å²) in [5.74, 6) is -0.802.